The van der Waals surface area contributed by atoms with Crippen molar-refractivity contribution in [3.8, 4) is 0 Å². The minimum absolute atomic E-state index is 0.0470. The van der Waals surface area contributed by atoms with Crippen molar-refractivity contribution in [1.29, 1.82) is 0 Å². The minimum Gasteiger partial charge on any atom is -0.389 e. The number of benzene rings is 2. The molecule has 2 aromatic carbocycles. The van der Waals surface area contributed by atoms with E-state index >= 15 is 0 Å². The molecule has 0 aliphatic carbocycles. The molecule has 0 saturated heterocycles. The van der Waals surface area contributed by atoms with Crippen molar-refractivity contribution in [2.75, 3.05) is 5.32 Å². The fraction of sp³-hybridized carbons (Fsp3) is 0.0667. The van der Waals surface area contributed by atoms with Gasteiger partial charge >= 0.3 is 0 Å². The van der Waals surface area contributed by atoms with Crippen molar-refractivity contribution < 1.29 is 9.18 Å². The number of anilines is 1. The zero-order valence-electron chi connectivity index (χ0n) is 10.9. The zero-order valence-corrected chi connectivity index (χ0v) is 12.5. The monoisotopic (exact) mass is 322 g/mol. The molecule has 6 heteroatoms. The predicted molar refractivity (Wildman–Crippen MR) is 86.1 cm³/mol. The highest BCUT2D eigenvalue weighted by molar-refractivity contribution is 7.80. The van der Waals surface area contributed by atoms with Gasteiger partial charge in [-0.2, -0.15) is 0 Å². The summed E-state index contributed by atoms with van der Waals surface area (Å²) in [7, 11) is 0. The van der Waals surface area contributed by atoms with Crippen LogP contribution in [0, 0.1) is 5.82 Å². The van der Waals surface area contributed by atoms with Crippen LogP contribution < -0.4 is 11.1 Å². The van der Waals surface area contributed by atoms with Crippen LogP contribution in [0.2, 0.25) is 5.02 Å². The number of carbonyl (C=O) groups excluding carboxylic acids is 1. The third kappa shape index (κ3) is 4.24. The lowest BCUT2D eigenvalue weighted by atomic mass is 10.1. The summed E-state index contributed by atoms with van der Waals surface area (Å²) in [5.74, 6) is -0.684. The molecular formula is C15H12ClFN2OS. The summed E-state index contributed by atoms with van der Waals surface area (Å²) in [5, 5.41) is 3.04. The number of halogens is 2. The molecule has 0 unspecified atom stereocenters. The van der Waals surface area contributed by atoms with Gasteiger partial charge in [0.25, 0.3) is 0 Å². The standard InChI is InChI=1S/C15H12ClFN2OS/c16-12-5-4-10(15(18)21)8-13(12)19-14(20)7-9-2-1-3-11(17)6-9/h1-6,8H,7H2,(H2,18,21)(H,19,20). The molecule has 0 aliphatic rings. The van der Waals surface area contributed by atoms with Gasteiger partial charge in [-0.25, -0.2) is 4.39 Å². The molecule has 3 nitrogen and oxygen atoms in total. The van der Waals surface area contributed by atoms with Crippen LogP contribution in [0.25, 0.3) is 0 Å². The van der Waals surface area contributed by atoms with E-state index < -0.39 is 0 Å². The fourth-order valence-corrected chi connectivity index (χ4v) is 2.09. The van der Waals surface area contributed by atoms with E-state index in [1.165, 1.54) is 12.1 Å². The van der Waals surface area contributed by atoms with Crippen LogP contribution in [0.5, 0.6) is 0 Å². The molecule has 0 heterocycles. The second kappa shape index (κ2) is 6.65. The average Bonchev–Trinajstić information content (AvgIpc) is 2.41. The van der Waals surface area contributed by atoms with Crippen LogP contribution in [0.1, 0.15) is 11.1 Å². The number of nitrogens with one attached hydrogen (secondary N) is 1. The molecule has 0 saturated carbocycles. The van der Waals surface area contributed by atoms with Crippen molar-refractivity contribution >= 4 is 40.4 Å². The van der Waals surface area contributed by atoms with Crippen molar-refractivity contribution in [2.24, 2.45) is 5.73 Å². The molecule has 0 aliphatic heterocycles. The maximum Gasteiger partial charge on any atom is 0.228 e. The number of amides is 1. The molecule has 0 aromatic heterocycles. The van der Waals surface area contributed by atoms with E-state index in [2.05, 4.69) is 5.32 Å². The van der Waals surface area contributed by atoms with Gasteiger partial charge in [-0.3, -0.25) is 4.79 Å². The number of rotatable bonds is 4. The van der Waals surface area contributed by atoms with Crippen molar-refractivity contribution in [3.05, 3.63) is 64.4 Å². The molecule has 108 valence electrons. The van der Waals surface area contributed by atoms with Crippen LogP contribution >= 0.6 is 23.8 Å². The number of thiocarbonyl (C=S) groups is 1. The van der Waals surface area contributed by atoms with Crippen LogP contribution in [0.3, 0.4) is 0 Å². The fourth-order valence-electron chi connectivity index (χ4n) is 1.80. The maximum atomic E-state index is 13.1. The van der Waals surface area contributed by atoms with Gasteiger partial charge in [0.15, 0.2) is 0 Å². The summed E-state index contributed by atoms with van der Waals surface area (Å²) in [6.07, 6.45) is 0.0470. The lowest BCUT2D eigenvalue weighted by molar-refractivity contribution is -0.115. The van der Waals surface area contributed by atoms with Crippen LogP contribution in [0.4, 0.5) is 10.1 Å². The van der Waals surface area contributed by atoms with Gasteiger partial charge < -0.3 is 11.1 Å². The van der Waals surface area contributed by atoms with E-state index in [4.69, 9.17) is 29.6 Å². The molecule has 1 amide bonds. The molecule has 0 fully saturated rings. The Morgan fingerprint density at radius 1 is 1.29 bits per heavy atom. The Balaban J connectivity index is 2.12. The Kier molecular flexibility index (Phi) is 4.88. The summed E-state index contributed by atoms with van der Waals surface area (Å²) in [4.78, 5) is 12.2. The molecule has 0 atom stereocenters. The molecule has 0 bridgehead atoms. The lowest BCUT2D eigenvalue weighted by Gasteiger charge is -2.09. The minimum atomic E-state index is -0.381. The second-order valence-corrected chi connectivity index (χ2v) is 5.26. The van der Waals surface area contributed by atoms with Crippen LogP contribution in [-0.2, 0) is 11.2 Å². The molecule has 2 aromatic rings. The first-order valence-corrected chi connectivity index (χ1v) is 6.88. The van der Waals surface area contributed by atoms with Gasteiger partial charge in [-0.05, 0) is 29.8 Å². The normalized spacial score (nSPS) is 10.2. The largest absolute Gasteiger partial charge is 0.389 e. The Hall–Kier alpha value is -1.98. The van der Waals surface area contributed by atoms with E-state index in [-0.39, 0.29) is 23.1 Å². The van der Waals surface area contributed by atoms with Gasteiger partial charge in [-0.1, -0.05) is 42.0 Å². The zero-order chi connectivity index (χ0) is 15.4. The topological polar surface area (TPSA) is 55.1 Å². The summed E-state index contributed by atoms with van der Waals surface area (Å²) in [6.45, 7) is 0. The summed E-state index contributed by atoms with van der Waals surface area (Å²) in [5.41, 5.74) is 7.14. The van der Waals surface area contributed by atoms with E-state index in [1.807, 2.05) is 0 Å². The molecule has 0 radical (unpaired) electrons. The quantitative estimate of drug-likeness (QED) is 0.849. The summed E-state index contributed by atoms with van der Waals surface area (Å²) >= 11 is 10.9. The molecular weight excluding hydrogens is 311 g/mol. The summed E-state index contributed by atoms with van der Waals surface area (Å²) in [6, 6.07) is 10.7. The smallest absolute Gasteiger partial charge is 0.228 e. The maximum absolute atomic E-state index is 13.1. The Morgan fingerprint density at radius 3 is 2.71 bits per heavy atom. The van der Waals surface area contributed by atoms with E-state index in [0.717, 1.165) is 0 Å². The number of hydrogen-bond donors (Lipinski definition) is 2. The number of hydrogen-bond acceptors (Lipinski definition) is 2. The number of carbonyl (C=O) groups is 1. The Labute approximate surface area is 131 Å². The van der Waals surface area contributed by atoms with Gasteiger partial charge in [-0.15, -0.1) is 0 Å². The second-order valence-electron chi connectivity index (χ2n) is 4.41. The first kappa shape index (κ1) is 15.4. The third-order valence-electron chi connectivity index (χ3n) is 2.78. The Morgan fingerprint density at radius 2 is 2.05 bits per heavy atom. The Bertz CT molecular complexity index is 706. The van der Waals surface area contributed by atoms with Crippen molar-refractivity contribution in [2.45, 2.75) is 6.42 Å². The van der Waals surface area contributed by atoms with E-state index in [9.17, 15) is 9.18 Å². The highest BCUT2D eigenvalue weighted by Crippen LogP contribution is 2.23. The highest BCUT2D eigenvalue weighted by atomic mass is 35.5. The van der Waals surface area contributed by atoms with E-state index in [1.54, 1.807) is 30.3 Å². The third-order valence-corrected chi connectivity index (χ3v) is 3.34. The van der Waals surface area contributed by atoms with Crippen molar-refractivity contribution in [3.63, 3.8) is 0 Å². The van der Waals surface area contributed by atoms with Gasteiger partial charge in [0.05, 0.1) is 17.1 Å². The first-order valence-electron chi connectivity index (χ1n) is 6.09. The lowest BCUT2D eigenvalue weighted by Crippen LogP contribution is -2.16. The average molecular weight is 323 g/mol. The van der Waals surface area contributed by atoms with Crippen LogP contribution in [0.15, 0.2) is 42.5 Å². The van der Waals surface area contributed by atoms with E-state index in [0.29, 0.717) is 21.8 Å². The molecule has 21 heavy (non-hydrogen) atoms. The van der Waals surface area contributed by atoms with Crippen LogP contribution in [-0.4, -0.2) is 10.9 Å². The van der Waals surface area contributed by atoms with Gasteiger partial charge in [0, 0.05) is 5.56 Å². The highest BCUT2D eigenvalue weighted by Gasteiger charge is 2.09. The molecule has 2 rings (SSSR count). The summed E-state index contributed by atoms with van der Waals surface area (Å²) < 4.78 is 13.1. The van der Waals surface area contributed by atoms with Crippen molar-refractivity contribution in [1.82, 2.24) is 0 Å². The SMILES string of the molecule is NC(=S)c1ccc(Cl)c(NC(=O)Cc2cccc(F)c2)c1. The first-order chi connectivity index (χ1) is 9.95. The molecule has 0 spiro atoms. The molecule has 3 N–H and O–H groups in total. The number of nitrogens with two attached hydrogens (primary N) is 1. The predicted octanol–water partition coefficient (Wildman–Crippen LogP) is 3.29. The van der Waals surface area contributed by atoms with Gasteiger partial charge in [0.2, 0.25) is 5.91 Å². The van der Waals surface area contributed by atoms with Gasteiger partial charge in [0.1, 0.15) is 10.8 Å².